The Kier molecular flexibility index (Phi) is 6.26. The Bertz CT molecular complexity index is 887. The highest BCUT2D eigenvalue weighted by Gasteiger charge is 2.32. The third-order valence-corrected chi connectivity index (χ3v) is 5.54. The van der Waals surface area contributed by atoms with Gasteiger partial charge in [0.2, 0.25) is 0 Å². The molecule has 1 amide bonds. The van der Waals surface area contributed by atoms with Crippen molar-refractivity contribution in [3.05, 3.63) is 51.5 Å². The number of nitrogens with zero attached hydrogens (tertiary/aromatic N) is 1. The van der Waals surface area contributed by atoms with Crippen LogP contribution in [-0.2, 0) is 11.2 Å². The molecule has 0 spiro atoms. The lowest BCUT2D eigenvalue weighted by Gasteiger charge is -2.37. The summed E-state index contributed by atoms with van der Waals surface area (Å²) in [6.07, 6.45) is 0.0584. The van der Waals surface area contributed by atoms with Crippen molar-refractivity contribution >= 4 is 29.1 Å². The standard InChI is InChI=1S/C21H23Cl2NO4/c1-12-16-11-20(27-4)19(26-3)9-14(16)7-8-24(12)21(25)13(2)28-18-6-5-15(22)10-17(18)23/h5-6,9-13H,7-8H2,1-4H3/t12-,13+/m0/s1. The van der Waals surface area contributed by atoms with Crippen molar-refractivity contribution < 1.29 is 19.0 Å². The van der Waals surface area contributed by atoms with E-state index < -0.39 is 6.10 Å². The van der Waals surface area contributed by atoms with E-state index in [9.17, 15) is 4.79 Å². The van der Waals surface area contributed by atoms with Gasteiger partial charge in [0.15, 0.2) is 17.6 Å². The van der Waals surface area contributed by atoms with Crippen LogP contribution in [0, 0.1) is 0 Å². The lowest BCUT2D eigenvalue weighted by Crippen LogP contribution is -2.45. The van der Waals surface area contributed by atoms with Crippen molar-refractivity contribution in [3.8, 4) is 17.2 Å². The minimum Gasteiger partial charge on any atom is -0.493 e. The van der Waals surface area contributed by atoms with Gasteiger partial charge in [-0.2, -0.15) is 0 Å². The van der Waals surface area contributed by atoms with E-state index in [1.54, 1.807) is 39.3 Å². The second kappa shape index (κ2) is 8.50. The number of hydrogen-bond donors (Lipinski definition) is 0. The smallest absolute Gasteiger partial charge is 0.263 e. The number of fused-ring (bicyclic) bond motifs is 1. The number of ether oxygens (including phenoxy) is 3. The molecule has 2 atom stereocenters. The van der Waals surface area contributed by atoms with E-state index in [2.05, 4.69) is 0 Å². The van der Waals surface area contributed by atoms with Gasteiger partial charge >= 0.3 is 0 Å². The molecule has 0 aliphatic carbocycles. The third kappa shape index (κ3) is 4.01. The predicted octanol–water partition coefficient (Wildman–Crippen LogP) is 4.92. The molecule has 150 valence electrons. The Balaban J connectivity index is 1.79. The van der Waals surface area contributed by atoms with Gasteiger partial charge < -0.3 is 19.1 Å². The van der Waals surface area contributed by atoms with Crippen LogP contribution in [0.1, 0.15) is 31.0 Å². The van der Waals surface area contributed by atoms with Gasteiger partial charge in [-0.25, -0.2) is 0 Å². The molecule has 0 unspecified atom stereocenters. The molecule has 0 saturated heterocycles. The summed E-state index contributed by atoms with van der Waals surface area (Å²) in [5.41, 5.74) is 2.21. The van der Waals surface area contributed by atoms with Gasteiger partial charge in [-0.3, -0.25) is 4.79 Å². The number of carbonyl (C=O) groups is 1. The second-order valence-corrected chi connectivity index (χ2v) is 7.54. The first-order chi connectivity index (χ1) is 13.3. The molecule has 5 nitrogen and oxygen atoms in total. The average Bonchev–Trinajstić information content (AvgIpc) is 2.69. The van der Waals surface area contributed by atoms with Gasteiger partial charge in [0.05, 0.1) is 25.3 Å². The van der Waals surface area contributed by atoms with Crippen LogP contribution in [0.2, 0.25) is 10.0 Å². The molecule has 0 bridgehead atoms. The molecule has 0 N–H and O–H groups in total. The second-order valence-electron chi connectivity index (χ2n) is 6.70. The van der Waals surface area contributed by atoms with Gasteiger partial charge in [-0.15, -0.1) is 0 Å². The maximum absolute atomic E-state index is 13.1. The minimum absolute atomic E-state index is 0.0982. The summed E-state index contributed by atoms with van der Waals surface area (Å²) in [6, 6.07) is 8.76. The number of benzene rings is 2. The summed E-state index contributed by atoms with van der Waals surface area (Å²) in [7, 11) is 3.22. The first-order valence-electron chi connectivity index (χ1n) is 9.02. The molecule has 0 saturated carbocycles. The van der Waals surface area contributed by atoms with Gasteiger partial charge in [-0.1, -0.05) is 23.2 Å². The fraction of sp³-hybridized carbons (Fsp3) is 0.381. The zero-order chi connectivity index (χ0) is 20.4. The molecule has 0 aromatic heterocycles. The molecule has 3 rings (SSSR count). The van der Waals surface area contributed by atoms with Crippen LogP contribution >= 0.6 is 23.2 Å². The lowest BCUT2D eigenvalue weighted by molar-refractivity contribution is -0.140. The van der Waals surface area contributed by atoms with E-state index >= 15 is 0 Å². The Hall–Kier alpha value is -2.11. The van der Waals surface area contributed by atoms with Crippen LogP contribution in [0.5, 0.6) is 17.2 Å². The topological polar surface area (TPSA) is 48.0 Å². The summed E-state index contributed by atoms with van der Waals surface area (Å²) in [5.74, 6) is 1.68. The first kappa shape index (κ1) is 20.6. The Morgan fingerprint density at radius 2 is 1.79 bits per heavy atom. The van der Waals surface area contributed by atoms with E-state index in [0.29, 0.717) is 33.8 Å². The van der Waals surface area contributed by atoms with Crippen LogP contribution in [-0.4, -0.2) is 37.7 Å². The van der Waals surface area contributed by atoms with E-state index in [4.69, 9.17) is 37.4 Å². The first-order valence-corrected chi connectivity index (χ1v) is 9.78. The summed E-state index contributed by atoms with van der Waals surface area (Å²) in [5, 5.41) is 0.892. The number of halogens is 2. The van der Waals surface area contributed by atoms with Crippen LogP contribution in [0.4, 0.5) is 0 Å². The summed E-state index contributed by atoms with van der Waals surface area (Å²) in [6.45, 7) is 4.33. The maximum atomic E-state index is 13.1. The molecule has 28 heavy (non-hydrogen) atoms. The van der Waals surface area contributed by atoms with Crippen LogP contribution in [0.15, 0.2) is 30.3 Å². The SMILES string of the molecule is COc1cc2c(cc1OC)[C@H](C)N(C(=O)[C@@H](C)Oc1ccc(Cl)cc1Cl)CC2. The summed E-state index contributed by atoms with van der Waals surface area (Å²) >= 11 is 12.1. The van der Waals surface area contributed by atoms with Crippen LogP contribution in [0.3, 0.4) is 0 Å². The van der Waals surface area contributed by atoms with Crippen molar-refractivity contribution in [2.24, 2.45) is 0 Å². The molecule has 1 heterocycles. The van der Waals surface area contributed by atoms with Crippen LogP contribution in [0.25, 0.3) is 0 Å². The fourth-order valence-corrected chi connectivity index (χ4v) is 3.94. The van der Waals surface area contributed by atoms with Gasteiger partial charge in [0.25, 0.3) is 5.91 Å². The molecule has 0 fully saturated rings. The van der Waals surface area contributed by atoms with Crippen molar-refractivity contribution in [2.75, 3.05) is 20.8 Å². The van der Waals surface area contributed by atoms with E-state index in [1.807, 2.05) is 24.0 Å². The number of methoxy groups -OCH3 is 2. The Morgan fingerprint density at radius 1 is 1.11 bits per heavy atom. The molecular formula is C21H23Cl2NO4. The van der Waals surface area contributed by atoms with E-state index in [-0.39, 0.29) is 11.9 Å². The zero-order valence-electron chi connectivity index (χ0n) is 16.3. The Morgan fingerprint density at radius 3 is 2.43 bits per heavy atom. The summed E-state index contributed by atoms with van der Waals surface area (Å²) in [4.78, 5) is 14.9. The maximum Gasteiger partial charge on any atom is 0.263 e. The molecule has 2 aromatic carbocycles. The number of amides is 1. The lowest BCUT2D eigenvalue weighted by atomic mass is 9.92. The summed E-state index contributed by atoms with van der Waals surface area (Å²) < 4.78 is 16.6. The van der Waals surface area contributed by atoms with Crippen LogP contribution < -0.4 is 14.2 Å². The van der Waals surface area contributed by atoms with Crippen molar-refractivity contribution in [1.29, 1.82) is 0 Å². The molecule has 2 aromatic rings. The molecule has 1 aliphatic heterocycles. The third-order valence-electron chi connectivity index (χ3n) is 5.01. The van der Waals surface area contributed by atoms with Crippen molar-refractivity contribution in [2.45, 2.75) is 32.4 Å². The van der Waals surface area contributed by atoms with Crippen molar-refractivity contribution in [3.63, 3.8) is 0 Å². The van der Waals surface area contributed by atoms with Crippen molar-refractivity contribution in [1.82, 2.24) is 4.90 Å². The zero-order valence-corrected chi connectivity index (χ0v) is 17.8. The molecule has 0 radical (unpaired) electrons. The average molecular weight is 424 g/mol. The van der Waals surface area contributed by atoms with Gasteiger partial charge in [-0.05, 0) is 61.7 Å². The monoisotopic (exact) mass is 423 g/mol. The minimum atomic E-state index is -0.678. The van der Waals surface area contributed by atoms with Gasteiger partial charge in [0, 0.05) is 11.6 Å². The van der Waals surface area contributed by atoms with Gasteiger partial charge in [0.1, 0.15) is 5.75 Å². The quantitative estimate of drug-likeness (QED) is 0.684. The van der Waals surface area contributed by atoms with E-state index in [1.165, 1.54) is 0 Å². The Labute approximate surface area is 175 Å². The largest absolute Gasteiger partial charge is 0.493 e. The number of carbonyl (C=O) groups excluding carboxylic acids is 1. The van der Waals surface area contributed by atoms with E-state index in [0.717, 1.165) is 17.5 Å². The molecular weight excluding hydrogens is 401 g/mol. The predicted molar refractivity (Wildman–Crippen MR) is 110 cm³/mol. The number of hydrogen-bond acceptors (Lipinski definition) is 4. The molecule has 7 heteroatoms. The fourth-order valence-electron chi connectivity index (χ4n) is 3.49. The normalized spacial score (nSPS) is 16.9. The number of rotatable bonds is 5. The molecule has 1 aliphatic rings. The highest BCUT2D eigenvalue weighted by atomic mass is 35.5. The highest BCUT2D eigenvalue weighted by molar-refractivity contribution is 6.35. The highest BCUT2D eigenvalue weighted by Crippen LogP contribution is 2.38.